The molecule has 1 unspecified atom stereocenters. The molecule has 0 aromatic heterocycles. The number of amides is 1. The van der Waals surface area contributed by atoms with E-state index in [1.54, 1.807) is 6.92 Å². The molecule has 1 saturated heterocycles. The van der Waals surface area contributed by atoms with E-state index in [0.29, 0.717) is 12.8 Å². The van der Waals surface area contributed by atoms with E-state index in [2.05, 4.69) is 19.1 Å². The van der Waals surface area contributed by atoms with Gasteiger partial charge in [-0.25, -0.2) is 9.59 Å². The molecule has 4 rings (SSSR count). The van der Waals surface area contributed by atoms with Gasteiger partial charge in [0, 0.05) is 12.5 Å². The standard InChI is InChI=1S/C27H33NO5/c1-3-8-19-11-13-21(14-12-19)27(31)16-15-22-23(27)17-28(24(22)25(29)32-4-2)26(30)33-18-20-9-6-5-7-10-20/h5-7,9-14,22-24,31H,3-4,8,15-18H2,1-2H3/t22-,23-,24-,27?/m0/s1. The Kier molecular flexibility index (Phi) is 7.03. The topological polar surface area (TPSA) is 76.1 Å². The van der Waals surface area contributed by atoms with Crippen molar-refractivity contribution in [3.05, 3.63) is 71.3 Å². The minimum absolute atomic E-state index is 0.129. The number of ether oxygens (including phenoxy) is 2. The molecule has 176 valence electrons. The summed E-state index contributed by atoms with van der Waals surface area (Å²) in [5.41, 5.74) is 1.87. The van der Waals surface area contributed by atoms with Gasteiger partial charge in [0.25, 0.3) is 0 Å². The first-order valence-electron chi connectivity index (χ1n) is 11.9. The summed E-state index contributed by atoms with van der Waals surface area (Å²) >= 11 is 0. The Hall–Kier alpha value is -2.86. The summed E-state index contributed by atoms with van der Waals surface area (Å²) in [4.78, 5) is 27.4. The highest BCUT2D eigenvalue weighted by molar-refractivity contribution is 5.83. The molecule has 1 aliphatic heterocycles. The molecule has 0 bridgehead atoms. The highest BCUT2D eigenvalue weighted by Crippen LogP contribution is 2.53. The third-order valence-corrected chi connectivity index (χ3v) is 7.08. The van der Waals surface area contributed by atoms with Crippen molar-refractivity contribution in [2.75, 3.05) is 13.2 Å². The van der Waals surface area contributed by atoms with E-state index in [1.165, 1.54) is 10.5 Å². The molecular weight excluding hydrogens is 418 g/mol. The molecule has 33 heavy (non-hydrogen) atoms. The lowest BCUT2D eigenvalue weighted by Gasteiger charge is -2.30. The number of aliphatic hydroxyl groups is 1. The lowest BCUT2D eigenvalue weighted by molar-refractivity contribution is -0.149. The third kappa shape index (κ3) is 4.62. The summed E-state index contributed by atoms with van der Waals surface area (Å²) in [5.74, 6) is -0.856. The second kappa shape index (κ2) is 9.96. The second-order valence-corrected chi connectivity index (χ2v) is 9.07. The number of fused-ring (bicyclic) bond motifs is 1. The number of aryl methyl sites for hydroxylation is 1. The Balaban J connectivity index is 1.55. The number of nitrogens with zero attached hydrogens (tertiary/aromatic N) is 1. The van der Waals surface area contributed by atoms with E-state index >= 15 is 0 Å². The molecule has 2 aliphatic rings. The van der Waals surface area contributed by atoms with Crippen LogP contribution in [0.2, 0.25) is 0 Å². The first-order valence-corrected chi connectivity index (χ1v) is 11.9. The van der Waals surface area contributed by atoms with E-state index in [-0.39, 0.29) is 31.6 Å². The highest BCUT2D eigenvalue weighted by atomic mass is 16.6. The fourth-order valence-electron chi connectivity index (χ4n) is 5.48. The summed E-state index contributed by atoms with van der Waals surface area (Å²) in [6.45, 7) is 4.52. The van der Waals surface area contributed by atoms with Crippen LogP contribution in [0.5, 0.6) is 0 Å². The molecule has 1 heterocycles. The number of esters is 1. The number of likely N-dealkylation sites (tertiary alicyclic amines) is 1. The first kappa shape index (κ1) is 23.3. The van der Waals surface area contributed by atoms with E-state index in [4.69, 9.17) is 9.47 Å². The van der Waals surface area contributed by atoms with Gasteiger partial charge in [-0.3, -0.25) is 4.90 Å². The maximum absolute atomic E-state index is 13.0. The predicted molar refractivity (Wildman–Crippen MR) is 124 cm³/mol. The zero-order chi connectivity index (χ0) is 23.4. The van der Waals surface area contributed by atoms with Crippen LogP contribution in [0, 0.1) is 11.8 Å². The molecule has 4 atom stereocenters. The predicted octanol–water partition coefficient (Wildman–Crippen LogP) is 4.44. The van der Waals surface area contributed by atoms with Crippen molar-refractivity contribution < 1.29 is 24.2 Å². The van der Waals surface area contributed by atoms with Gasteiger partial charge < -0.3 is 14.6 Å². The average molecular weight is 452 g/mol. The van der Waals surface area contributed by atoms with E-state index < -0.39 is 23.7 Å². The zero-order valence-corrected chi connectivity index (χ0v) is 19.4. The Morgan fingerprint density at radius 1 is 1.03 bits per heavy atom. The molecule has 6 heteroatoms. The van der Waals surface area contributed by atoms with Crippen LogP contribution in [-0.4, -0.2) is 41.3 Å². The normalized spacial score (nSPS) is 26.2. The highest BCUT2D eigenvalue weighted by Gasteiger charge is 2.60. The summed E-state index contributed by atoms with van der Waals surface area (Å²) in [7, 11) is 0. The van der Waals surface area contributed by atoms with Crippen molar-refractivity contribution in [3.8, 4) is 0 Å². The second-order valence-electron chi connectivity index (χ2n) is 9.07. The molecule has 0 spiro atoms. The van der Waals surface area contributed by atoms with Crippen LogP contribution in [0.3, 0.4) is 0 Å². The van der Waals surface area contributed by atoms with Gasteiger partial charge in [-0.05, 0) is 48.8 Å². The van der Waals surface area contributed by atoms with E-state index in [1.807, 2.05) is 42.5 Å². The van der Waals surface area contributed by atoms with Crippen LogP contribution in [0.25, 0.3) is 0 Å². The van der Waals surface area contributed by atoms with Crippen molar-refractivity contribution in [1.82, 2.24) is 4.90 Å². The van der Waals surface area contributed by atoms with Gasteiger partial charge in [-0.15, -0.1) is 0 Å². The van der Waals surface area contributed by atoms with Gasteiger partial charge in [0.2, 0.25) is 0 Å². The minimum Gasteiger partial charge on any atom is -0.464 e. The molecule has 1 N–H and O–H groups in total. The Labute approximate surface area is 195 Å². The molecule has 1 aliphatic carbocycles. The van der Waals surface area contributed by atoms with Gasteiger partial charge in [0.05, 0.1) is 12.2 Å². The van der Waals surface area contributed by atoms with Gasteiger partial charge in [0.15, 0.2) is 0 Å². The van der Waals surface area contributed by atoms with E-state index in [0.717, 1.165) is 24.0 Å². The van der Waals surface area contributed by atoms with E-state index in [9.17, 15) is 14.7 Å². The summed E-state index contributed by atoms with van der Waals surface area (Å²) in [5, 5.41) is 11.8. The van der Waals surface area contributed by atoms with Gasteiger partial charge in [-0.1, -0.05) is 67.9 Å². The van der Waals surface area contributed by atoms with Crippen molar-refractivity contribution >= 4 is 12.1 Å². The van der Waals surface area contributed by atoms with Crippen molar-refractivity contribution in [1.29, 1.82) is 0 Å². The zero-order valence-electron chi connectivity index (χ0n) is 19.4. The van der Waals surface area contributed by atoms with Crippen LogP contribution in [-0.2, 0) is 32.9 Å². The van der Waals surface area contributed by atoms with Gasteiger partial charge >= 0.3 is 12.1 Å². The van der Waals surface area contributed by atoms with Crippen LogP contribution in [0.4, 0.5) is 4.79 Å². The lowest BCUT2D eigenvalue weighted by Crippen LogP contribution is -2.44. The van der Waals surface area contributed by atoms with Crippen molar-refractivity contribution in [3.63, 3.8) is 0 Å². The smallest absolute Gasteiger partial charge is 0.410 e. The molecule has 1 saturated carbocycles. The average Bonchev–Trinajstić information content (AvgIpc) is 3.37. The number of benzene rings is 2. The number of carbonyl (C=O) groups is 2. The Morgan fingerprint density at radius 3 is 2.42 bits per heavy atom. The maximum Gasteiger partial charge on any atom is 0.410 e. The quantitative estimate of drug-likeness (QED) is 0.630. The monoisotopic (exact) mass is 451 g/mol. The van der Waals surface area contributed by atoms with Crippen LogP contribution in [0.1, 0.15) is 49.8 Å². The first-order chi connectivity index (χ1) is 16.0. The summed E-state index contributed by atoms with van der Waals surface area (Å²) < 4.78 is 10.9. The molecule has 1 amide bonds. The fourth-order valence-corrected chi connectivity index (χ4v) is 5.48. The third-order valence-electron chi connectivity index (χ3n) is 7.08. The largest absolute Gasteiger partial charge is 0.464 e. The number of hydrogen-bond acceptors (Lipinski definition) is 5. The number of carbonyl (C=O) groups excluding carboxylic acids is 2. The molecule has 6 nitrogen and oxygen atoms in total. The molecule has 2 aromatic rings. The van der Waals surface area contributed by atoms with Crippen LogP contribution in [0.15, 0.2) is 54.6 Å². The molecule has 0 radical (unpaired) electrons. The summed E-state index contributed by atoms with van der Waals surface area (Å²) in [6.07, 6.45) is 2.71. The SMILES string of the molecule is CCCc1ccc(C2(O)CC[C@@H]3[C@@H](C(=O)OCC)N(C(=O)OCc4ccccc4)C[C@@H]32)cc1. The van der Waals surface area contributed by atoms with Crippen LogP contribution < -0.4 is 0 Å². The molecule has 2 aromatic carbocycles. The van der Waals surface area contributed by atoms with Crippen molar-refractivity contribution in [2.24, 2.45) is 11.8 Å². The fraction of sp³-hybridized carbons (Fsp3) is 0.481. The summed E-state index contributed by atoms with van der Waals surface area (Å²) in [6, 6.07) is 16.8. The van der Waals surface area contributed by atoms with Crippen LogP contribution >= 0.6 is 0 Å². The number of rotatable bonds is 7. The van der Waals surface area contributed by atoms with Gasteiger partial charge in [0.1, 0.15) is 12.6 Å². The Morgan fingerprint density at radius 2 is 1.76 bits per heavy atom. The van der Waals surface area contributed by atoms with Crippen molar-refractivity contribution in [2.45, 2.75) is 57.8 Å². The number of hydrogen-bond donors (Lipinski definition) is 1. The molecule has 2 fully saturated rings. The lowest BCUT2D eigenvalue weighted by atomic mass is 9.81. The Bertz CT molecular complexity index is 960. The minimum atomic E-state index is -1.09. The molecular formula is C27H33NO5. The maximum atomic E-state index is 13.0. The van der Waals surface area contributed by atoms with Gasteiger partial charge in [-0.2, -0.15) is 0 Å².